The maximum absolute atomic E-state index is 6.43. The molecule has 1 fully saturated rings. The summed E-state index contributed by atoms with van der Waals surface area (Å²) in [7, 11) is 4.05. The van der Waals surface area contributed by atoms with Gasteiger partial charge < -0.3 is 19.5 Å². The molecular formula is C27H25ClN4OS. The first-order valence-corrected chi connectivity index (χ1v) is 11.9. The minimum atomic E-state index is -0.206. The van der Waals surface area contributed by atoms with Crippen molar-refractivity contribution in [1.82, 2.24) is 10.3 Å². The molecule has 0 spiro atoms. The standard InChI is InChI=1S/C27H25ClN4OS/c1-17-7-8-18(16-21(17)28)23-13-14-24(33-23)26-25(22-6-4-5-15-29-22)30-27(34)32(26)20-11-9-19(10-12-20)31(2)3/h4-16,25-26H,1-3H3,(H,30,34)/t25-,26-/m0/s1. The molecule has 2 aromatic carbocycles. The summed E-state index contributed by atoms with van der Waals surface area (Å²) in [6.45, 7) is 1.99. The van der Waals surface area contributed by atoms with E-state index >= 15 is 0 Å². The van der Waals surface area contributed by atoms with Crippen LogP contribution in [0.3, 0.4) is 0 Å². The van der Waals surface area contributed by atoms with Gasteiger partial charge in [-0.25, -0.2) is 0 Å². The number of hydrogen-bond donors (Lipinski definition) is 1. The van der Waals surface area contributed by atoms with Crippen molar-refractivity contribution in [1.29, 1.82) is 0 Å². The van der Waals surface area contributed by atoms with E-state index in [0.29, 0.717) is 10.1 Å². The fourth-order valence-corrected chi connectivity index (χ4v) is 4.77. The summed E-state index contributed by atoms with van der Waals surface area (Å²) in [6, 6.07) is 23.8. The largest absolute Gasteiger partial charge is 0.459 e. The van der Waals surface area contributed by atoms with Crippen LogP contribution in [-0.4, -0.2) is 24.2 Å². The van der Waals surface area contributed by atoms with Crippen LogP contribution in [-0.2, 0) is 0 Å². The van der Waals surface area contributed by atoms with Crippen molar-refractivity contribution in [2.24, 2.45) is 0 Å². The molecule has 3 heterocycles. The summed E-state index contributed by atoms with van der Waals surface area (Å²) in [5.41, 5.74) is 4.98. The Morgan fingerprint density at radius 3 is 2.50 bits per heavy atom. The molecule has 1 N–H and O–H groups in total. The Morgan fingerprint density at radius 1 is 1.03 bits per heavy atom. The molecule has 2 aromatic heterocycles. The molecule has 2 atom stereocenters. The highest BCUT2D eigenvalue weighted by molar-refractivity contribution is 7.80. The number of pyridine rings is 1. The Kier molecular flexibility index (Phi) is 6.02. The summed E-state index contributed by atoms with van der Waals surface area (Å²) in [6.07, 6.45) is 1.80. The van der Waals surface area contributed by atoms with Crippen LogP contribution in [0.2, 0.25) is 5.02 Å². The van der Waals surface area contributed by atoms with Crippen molar-refractivity contribution in [2.75, 3.05) is 23.9 Å². The van der Waals surface area contributed by atoms with Crippen LogP contribution in [0.1, 0.15) is 29.1 Å². The first-order chi connectivity index (χ1) is 16.4. The van der Waals surface area contributed by atoms with Crippen LogP contribution >= 0.6 is 23.8 Å². The van der Waals surface area contributed by atoms with Gasteiger partial charge in [-0.2, -0.15) is 0 Å². The van der Waals surface area contributed by atoms with Gasteiger partial charge in [0, 0.05) is 42.3 Å². The van der Waals surface area contributed by atoms with Crippen LogP contribution in [0.4, 0.5) is 11.4 Å². The second-order valence-electron chi connectivity index (χ2n) is 8.57. The molecule has 4 aromatic rings. The second kappa shape index (κ2) is 9.12. The zero-order valence-corrected chi connectivity index (χ0v) is 20.8. The number of nitrogens with zero attached hydrogens (tertiary/aromatic N) is 3. The summed E-state index contributed by atoms with van der Waals surface area (Å²) < 4.78 is 6.43. The van der Waals surface area contributed by atoms with Crippen molar-refractivity contribution in [3.8, 4) is 11.3 Å². The molecule has 1 aliphatic heterocycles. The highest BCUT2D eigenvalue weighted by Gasteiger charge is 2.42. The maximum Gasteiger partial charge on any atom is 0.174 e. The number of rotatable bonds is 5. The van der Waals surface area contributed by atoms with Gasteiger partial charge in [0.2, 0.25) is 0 Å². The Balaban J connectivity index is 1.57. The van der Waals surface area contributed by atoms with Gasteiger partial charge >= 0.3 is 0 Å². The number of aryl methyl sites for hydroxylation is 1. The Hall–Kier alpha value is -3.35. The van der Waals surface area contributed by atoms with Crippen molar-refractivity contribution in [3.63, 3.8) is 0 Å². The fraction of sp³-hybridized carbons (Fsp3) is 0.185. The van der Waals surface area contributed by atoms with E-state index in [4.69, 9.17) is 28.2 Å². The number of hydrogen-bond acceptors (Lipinski definition) is 4. The third-order valence-corrected chi connectivity index (χ3v) is 6.84. The van der Waals surface area contributed by atoms with E-state index in [9.17, 15) is 0 Å². The highest BCUT2D eigenvalue weighted by atomic mass is 35.5. The molecule has 0 radical (unpaired) electrons. The lowest BCUT2D eigenvalue weighted by molar-refractivity contribution is 0.439. The topological polar surface area (TPSA) is 44.5 Å². The van der Waals surface area contributed by atoms with E-state index in [1.807, 2.05) is 69.6 Å². The van der Waals surface area contributed by atoms with Crippen LogP contribution in [0, 0.1) is 6.92 Å². The molecule has 0 saturated carbocycles. The smallest absolute Gasteiger partial charge is 0.174 e. The van der Waals surface area contributed by atoms with Gasteiger partial charge in [0.25, 0.3) is 0 Å². The average Bonchev–Trinajstić information content (AvgIpc) is 3.46. The molecule has 5 nitrogen and oxygen atoms in total. The molecule has 0 unspecified atom stereocenters. The van der Waals surface area contributed by atoms with Crippen molar-refractivity contribution in [2.45, 2.75) is 19.0 Å². The van der Waals surface area contributed by atoms with E-state index in [-0.39, 0.29) is 12.1 Å². The van der Waals surface area contributed by atoms with Gasteiger partial charge in [-0.3, -0.25) is 4.98 Å². The number of thiocarbonyl (C=S) groups is 1. The molecule has 7 heteroatoms. The number of nitrogens with one attached hydrogen (secondary N) is 1. The van der Waals surface area contributed by atoms with E-state index < -0.39 is 0 Å². The Labute approximate surface area is 210 Å². The Bertz CT molecular complexity index is 1320. The fourth-order valence-electron chi connectivity index (χ4n) is 4.25. The third kappa shape index (κ3) is 4.15. The normalized spacial score (nSPS) is 17.6. The third-order valence-electron chi connectivity index (χ3n) is 6.12. The molecule has 172 valence electrons. The van der Waals surface area contributed by atoms with E-state index in [2.05, 4.69) is 44.4 Å². The lowest BCUT2D eigenvalue weighted by Gasteiger charge is -2.26. The van der Waals surface area contributed by atoms with Crippen molar-refractivity contribution in [3.05, 3.63) is 101 Å². The first-order valence-electron chi connectivity index (χ1n) is 11.1. The number of aromatic nitrogens is 1. The number of furan rings is 1. The van der Waals surface area contributed by atoms with Gasteiger partial charge in [-0.15, -0.1) is 0 Å². The summed E-state index contributed by atoms with van der Waals surface area (Å²) in [4.78, 5) is 8.79. The minimum absolute atomic E-state index is 0.164. The predicted octanol–water partition coefficient (Wildman–Crippen LogP) is 6.55. The molecule has 0 aliphatic carbocycles. The lowest BCUT2D eigenvalue weighted by atomic mass is 10.0. The Morgan fingerprint density at radius 2 is 1.82 bits per heavy atom. The zero-order valence-electron chi connectivity index (χ0n) is 19.2. The molecule has 0 bridgehead atoms. The molecule has 1 saturated heterocycles. The van der Waals surface area contributed by atoms with Crippen molar-refractivity contribution < 1.29 is 4.42 Å². The molecule has 1 aliphatic rings. The van der Waals surface area contributed by atoms with Gasteiger partial charge in [-0.1, -0.05) is 29.8 Å². The molecule has 0 amide bonds. The molecule has 5 rings (SSSR count). The van der Waals surface area contributed by atoms with Gasteiger partial charge in [-0.05, 0) is 79.3 Å². The average molecular weight is 489 g/mol. The van der Waals surface area contributed by atoms with Crippen LogP contribution in [0.15, 0.2) is 83.4 Å². The van der Waals surface area contributed by atoms with Crippen LogP contribution < -0.4 is 15.1 Å². The minimum Gasteiger partial charge on any atom is -0.459 e. The lowest BCUT2D eigenvalue weighted by Crippen LogP contribution is -2.29. The zero-order chi connectivity index (χ0) is 23.8. The molecular weight excluding hydrogens is 464 g/mol. The molecule has 34 heavy (non-hydrogen) atoms. The number of anilines is 2. The SMILES string of the molecule is Cc1ccc(-c2ccc([C@H]3[C@H](c4ccccn4)NC(=S)N3c3ccc(N(C)C)cc3)o2)cc1Cl. The second-order valence-corrected chi connectivity index (χ2v) is 9.37. The van der Waals surface area contributed by atoms with Gasteiger partial charge in [0.05, 0.1) is 11.7 Å². The van der Waals surface area contributed by atoms with Gasteiger partial charge in [0.15, 0.2) is 5.11 Å². The van der Waals surface area contributed by atoms with E-state index in [1.165, 1.54) is 0 Å². The predicted molar refractivity (Wildman–Crippen MR) is 143 cm³/mol. The summed E-state index contributed by atoms with van der Waals surface area (Å²) >= 11 is 12.2. The quantitative estimate of drug-likeness (QED) is 0.321. The summed E-state index contributed by atoms with van der Waals surface area (Å²) in [5.74, 6) is 1.56. The maximum atomic E-state index is 6.43. The van der Waals surface area contributed by atoms with Crippen LogP contribution in [0.5, 0.6) is 0 Å². The first kappa shape index (κ1) is 22.4. The van der Waals surface area contributed by atoms with Crippen LogP contribution in [0.25, 0.3) is 11.3 Å². The van der Waals surface area contributed by atoms with Gasteiger partial charge in [0.1, 0.15) is 17.6 Å². The van der Waals surface area contributed by atoms with E-state index in [0.717, 1.165) is 39.7 Å². The highest BCUT2D eigenvalue weighted by Crippen LogP contribution is 2.43. The monoisotopic (exact) mass is 488 g/mol. The van der Waals surface area contributed by atoms with Crippen molar-refractivity contribution >= 4 is 40.3 Å². The number of benzene rings is 2. The number of halogens is 1. The summed E-state index contributed by atoms with van der Waals surface area (Å²) in [5, 5.41) is 4.82. The van der Waals surface area contributed by atoms with E-state index in [1.54, 1.807) is 6.20 Å².